The first-order valence-electron chi connectivity index (χ1n) is 5.51. The van der Waals surface area contributed by atoms with Crippen molar-refractivity contribution in [2.45, 2.75) is 44.9 Å². The number of hydrogen-bond acceptors (Lipinski definition) is 3. The largest absolute Gasteiger partial charge is 0.405 e. The molecule has 0 aliphatic rings. The average molecular weight is 256 g/mol. The van der Waals surface area contributed by atoms with Crippen LogP contribution in [0.5, 0.6) is 0 Å². The van der Waals surface area contributed by atoms with Crippen LogP contribution >= 0.6 is 0 Å². The summed E-state index contributed by atoms with van der Waals surface area (Å²) in [4.78, 5) is 11.3. The fourth-order valence-corrected chi connectivity index (χ4v) is 1.33. The van der Waals surface area contributed by atoms with Crippen LogP contribution in [-0.2, 0) is 4.79 Å². The Morgan fingerprint density at radius 1 is 1.41 bits per heavy atom. The van der Waals surface area contributed by atoms with E-state index >= 15 is 0 Å². The van der Waals surface area contributed by atoms with E-state index in [0.29, 0.717) is 12.8 Å². The summed E-state index contributed by atoms with van der Waals surface area (Å²) in [6.07, 6.45) is -3.24. The number of rotatable bonds is 7. The molecule has 0 rings (SSSR count). The highest BCUT2D eigenvalue weighted by molar-refractivity contribution is 5.81. The van der Waals surface area contributed by atoms with Crippen LogP contribution in [0.1, 0.15) is 26.7 Å². The van der Waals surface area contributed by atoms with Crippen molar-refractivity contribution in [2.75, 3.05) is 13.2 Å². The van der Waals surface area contributed by atoms with Crippen molar-refractivity contribution in [3.8, 4) is 0 Å². The minimum Gasteiger partial charge on any atom is -0.396 e. The van der Waals surface area contributed by atoms with Gasteiger partial charge >= 0.3 is 6.18 Å². The smallest absolute Gasteiger partial charge is 0.396 e. The van der Waals surface area contributed by atoms with Crippen LogP contribution in [0.15, 0.2) is 0 Å². The maximum absolute atomic E-state index is 11.9. The summed E-state index contributed by atoms with van der Waals surface area (Å²) in [5, 5.41) is 13.4. The van der Waals surface area contributed by atoms with Crippen LogP contribution in [0.25, 0.3) is 0 Å². The molecule has 3 N–H and O–H groups in total. The average Bonchev–Trinajstić information content (AvgIpc) is 2.23. The van der Waals surface area contributed by atoms with Crippen molar-refractivity contribution in [3.63, 3.8) is 0 Å². The third-order valence-corrected chi connectivity index (χ3v) is 2.31. The molecule has 0 saturated heterocycles. The van der Waals surface area contributed by atoms with Gasteiger partial charge in [-0.2, -0.15) is 13.2 Å². The number of hydrogen-bond donors (Lipinski definition) is 3. The molecule has 0 radical (unpaired) electrons. The van der Waals surface area contributed by atoms with Crippen LogP contribution in [-0.4, -0.2) is 42.4 Å². The SMILES string of the molecule is CCC(CCO)NC(C)C(=O)NCC(F)(F)F. The van der Waals surface area contributed by atoms with E-state index in [1.165, 1.54) is 6.92 Å². The summed E-state index contributed by atoms with van der Waals surface area (Å²) in [5.41, 5.74) is 0. The summed E-state index contributed by atoms with van der Waals surface area (Å²) < 4.78 is 35.6. The second-order valence-corrected chi connectivity index (χ2v) is 3.84. The van der Waals surface area contributed by atoms with Crippen molar-refractivity contribution in [2.24, 2.45) is 0 Å². The van der Waals surface area contributed by atoms with Gasteiger partial charge in [-0.3, -0.25) is 4.79 Å². The number of alkyl halides is 3. The third-order valence-electron chi connectivity index (χ3n) is 2.31. The summed E-state index contributed by atoms with van der Waals surface area (Å²) in [5.74, 6) is -0.696. The van der Waals surface area contributed by atoms with E-state index in [1.54, 1.807) is 5.32 Å². The van der Waals surface area contributed by atoms with Crippen LogP contribution < -0.4 is 10.6 Å². The molecule has 0 fully saturated rings. The lowest BCUT2D eigenvalue weighted by Crippen LogP contribution is -2.48. The summed E-state index contributed by atoms with van der Waals surface area (Å²) in [6, 6.07) is -0.791. The summed E-state index contributed by atoms with van der Waals surface area (Å²) >= 11 is 0. The lowest BCUT2D eigenvalue weighted by Gasteiger charge is -2.21. The Hall–Kier alpha value is -0.820. The molecule has 0 aromatic rings. The highest BCUT2D eigenvalue weighted by Gasteiger charge is 2.28. The Morgan fingerprint density at radius 3 is 2.41 bits per heavy atom. The van der Waals surface area contributed by atoms with Gasteiger partial charge in [0, 0.05) is 12.6 Å². The third kappa shape index (κ3) is 7.98. The Morgan fingerprint density at radius 2 is 2.00 bits per heavy atom. The lowest BCUT2D eigenvalue weighted by atomic mass is 10.1. The molecule has 0 saturated carbocycles. The van der Waals surface area contributed by atoms with Crippen LogP contribution in [0.2, 0.25) is 0 Å². The second kappa shape index (κ2) is 7.50. The monoisotopic (exact) mass is 256 g/mol. The van der Waals surface area contributed by atoms with E-state index < -0.39 is 24.7 Å². The van der Waals surface area contributed by atoms with Gasteiger partial charge < -0.3 is 15.7 Å². The number of aliphatic hydroxyl groups is 1. The topological polar surface area (TPSA) is 61.4 Å². The lowest BCUT2D eigenvalue weighted by molar-refractivity contribution is -0.139. The van der Waals surface area contributed by atoms with E-state index in [2.05, 4.69) is 5.32 Å². The van der Waals surface area contributed by atoms with E-state index in [1.807, 2.05) is 6.92 Å². The van der Waals surface area contributed by atoms with Crippen molar-refractivity contribution in [3.05, 3.63) is 0 Å². The molecule has 1 amide bonds. The van der Waals surface area contributed by atoms with Crippen molar-refractivity contribution < 1.29 is 23.1 Å². The molecule has 17 heavy (non-hydrogen) atoms. The zero-order valence-corrected chi connectivity index (χ0v) is 9.97. The number of halogens is 3. The summed E-state index contributed by atoms with van der Waals surface area (Å²) in [7, 11) is 0. The molecule has 2 atom stereocenters. The highest BCUT2D eigenvalue weighted by Crippen LogP contribution is 2.12. The molecule has 2 unspecified atom stereocenters. The maximum Gasteiger partial charge on any atom is 0.405 e. The number of nitrogens with one attached hydrogen (secondary N) is 2. The fraction of sp³-hybridized carbons (Fsp3) is 0.900. The van der Waals surface area contributed by atoms with Crippen molar-refractivity contribution in [1.29, 1.82) is 0 Å². The van der Waals surface area contributed by atoms with Gasteiger partial charge in [0.15, 0.2) is 0 Å². The zero-order valence-electron chi connectivity index (χ0n) is 9.97. The summed E-state index contributed by atoms with van der Waals surface area (Å²) in [6.45, 7) is 2.01. The van der Waals surface area contributed by atoms with E-state index in [-0.39, 0.29) is 12.6 Å². The molecule has 0 aromatic carbocycles. The van der Waals surface area contributed by atoms with E-state index in [9.17, 15) is 18.0 Å². The number of aliphatic hydroxyl groups excluding tert-OH is 1. The minimum atomic E-state index is -4.40. The molecule has 0 spiro atoms. The maximum atomic E-state index is 11.9. The van der Waals surface area contributed by atoms with Gasteiger partial charge in [-0.05, 0) is 19.8 Å². The molecule has 7 heteroatoms. The highest BCUT2D eigenvalue weighted by atomic mass is 19.4. The molecule has 4 nitrogen and oxygen atoms in total. The van der Waals surface area contributed by atoms with Gasteiger partial charge in [0.1, 0.15) is 6.54 Å². The molecule has 102 valence electrons. The number of carbonyl (C=O) groups is 1. The first-order valence-corrected chi connectivity index (χ1v) is 5.51. The standard InChI is InChI=1S/C10H19F3N2O2/c1-3-8(4-5-16)15-7(2)9(17)14-6-10(11,12)13/h7-8,15-16H,3-6H2,1-2H3,(H,14,17). The van der Waals surface area contributed by atoms with Crippen molar-refractivity contribution in [1.82, 2.24) is 10.6 Å². The normalized spacial score (nSPS) is 15.4. The van der Waals surface area contributed by atoms with Gasteiger partial charge in [-0.15, -0.1) is 0 Å². The Balaban J connectivity index is 4.03. The van der Waals surface area contributed by atoms with E-state index in [4.69, 9.17) is 5.11 Å². The number of amides is 1. The minimum absolute atomic E-state index is 0.0254. The first-order chi connectivity index (χ1) is 7.80. The molecule has 0 heterocycles. The van der Waals surface area contributed by atoms with Crippen LogP contribution in [0.4, 0.5) is 13.2 Å². The quantitative estimate of drug-likeness (QED) is 0.631. The van der Waals surface area contributed by atoms with E-state index in [0.717, 1.165) is 0 Å². The Labute approximate surface area is 98.6 Å². The fourth-order valence-electron chi connectivity index (χ4n) is 1.33. The molecule has 0 aliphatic carbocycles. The van der Waals surface area contributed by atoms with Gasteiger partial charge in [0.25, 0.3) is 0 Å². The predicted octanol–water partition coefficient (Wildman–Crippen LogP) is 0.804. The van der Waals surface area contributed by atoms with Gasteiger partial charge in [-0.25, -0.2) is 0 Å². The Bertz CT molecular complexity index is 234. The zero-order chi connectivity index (χ0) is 13.5. The Kier molecular flexibility index (Phi) is 7.13. The van der Waals surface area contributed by atoms with Crippen LogP contribution in [0.3, 0.4) is 0 Å². The molecule has 0 bridgehead atoms. The molecule has 0 aliphatic heterocycles. The van der Waals surface area contributed by atoms with Crippen LogP contribution in [0, 0.1) is 0 Å². The van der Waals surface area contributed by atoms with Gasteiger partial charge in [-0.1, -0.05) is 6.92 Å². The second-order valence-electron chi connectivity index (χ2n) is 3.84. The molecular weight excluding hydrogens is 237 g/mol. The van der Waals surface area contributed by atoms with Gasteiger partial charge in [0.2, 0.25) is 5.91 Å². The predicted molar refractivity (Wildman–Crippen MR) is 57.4 cm³/mol. The first kappa shape index (κ1) is 16.2. The number of carbonyl (C=O) groups excluding carboxylic acids is 1. The molecule has 0 aromatic heterocycles. The van der Waals surface area contributed by atoms with Crippen molar-refractivity contribution >= 4 is 5.91 Å². The van der Waals surface area contributed by atoms with Gasteiger partial charge in [0.05, 0.1) is 6.04 Å². The molecular formula is C10H19F3N2O2.